The quantitative estimate of drug-likeness (QED) is 0.836. The van der Waals surface area contributed by atoms with Gasteiger partial charge in [-0.25, -0.2) is 4.39 Å². The summed E-state index contributed by atoms with van der Waals surface area (Å²) in [5, 5.41) is 0. The minimum absolute atomic E-state index is 0.176. The van der Waals surface area contributed by atoms with Gasteiger partial charge in [0.15, 0.2) is 0 Å². The summed E-state index contributed by atoms with van der Waals surface area (Å²) in [5.41, 5.74) is 8.27. The summed E-state index contributed by atoms with van der Waals surface area (Å²) in [6.45, 7) is 0.467. The van der Waals surface area contributed by atoms with E-state index in [-0.39, 0.29) is 5.82 Å². The first-order valence-electron chi connectivity index (χ1n) is 5.35. The molecule has 16 heavy (non-hydrogen) atoms. The normalized spacial score (nSPS) is 10.4. The second-order valence-corrected chi connectivity index (χ2v) is 3.71. The second kappa shape index (κ2) is 4.90. The Hall–Kier alpha value is -1.67. The fourth-order valence-electron chi connectivity index (χ4n) is 1.73. The Bertz CT molecular complexity index is 465. The van der Waals surface area contributed by atoms with Crippen molar-refractivity contribution in [3.63, 3.8) is 0 Å². The monoisotopic (exact) mass is 215 g/mol. The number of benzene rings is 2. The van der Waals surface area contributed by atoms with Gasteiger partial charge in [-0.15, -0.1) is 0 Å². The highest BCUT2D eigenvalue weighted by molar-refractivity contribution is 5.64. The molecule has 0 spiro atoms. The van der Waals surface area contributed by atoms with Gasteiger partial charge in [-0.3, -0.25) is 0 Å². The van der Waals surface area contributed by atoms with Crippen LogP contribution < -0.4 is 5.73 Å². The second-order valence-electron chi connectivity index (χ2n) is 3.71. The summed E-state index contributed by atoms with van der Waals surface area (Å²) in [7, 11) is 0. The molecule has 0 radical (unpaired) electrons. The minimum atomic E-state index is -0.176. The van der Waals surface area contributed by atoms with E-state index in [4.69, 9.17) is 5.73 Å². The zero-order chi connectivity index (χ0) is 11.4. The van der Waals surface area contributed by atoms with E-state index in [1.807, 2.05) is 36.4 Å². The largest absolute Gasteiger partial charge is 0.330 e. The molecule has 0 aromatic heterocycles. The molecule has 2 aromatic carbocycles. The molecule has 0 aliphatic rings. The van der Waals surface area contributed by atoms with Crippen LogP contribution in [0.1, 0.15) is 5.56 Å². The molecule has 0 aliphatic carbocycles. The van der Waals surface area contributed by atoms with Crippen LogP contribution >= 0.6 is 0 Å². The fraction of sp³-hybridized carbons (Fsp3) is 0.143. The minimum Gasteiger partial charge on any atom is -0.330 e. The lowest BCUT2D eigenvalue weighted by Gasteiger charge is -2.06. The number of hydrogen-bond donors (Lipinski definition) is 1. The van der Waals surface area contributed by atoms with Gasteiger partial charge in [0.25, 0.3) is 0 Å². The smallest absolute Gasteiger partial charge is 0.126 e. The van der Waals surface area contributed by atoms with Crippen LogP contribution in [0.25, 0.3) is 11.1 Å². The Kier molecular flexibility index (Phi) is 3.32. The van der Waals surface area contributed by atoms with E-state index in [2.05, 4.69) is 0 Å². The summed E-state index contributed by atoms with van der Waals surface area (Å²) in [4.78, 5) is 0. The topological polar surface area (TPSA) is 26.0 Å². The van der Waals surface area contributed by atoms with Crippen LogP contribution in [0.15, 0.2) is 48.5 Å². The Morgan fingerprint density at radius 3 is 2.38 bits per heavy atom. The van der Waals surface area contributed by atoms with Gasteiger partial charge in [0.2, 0.25) is 0 Å². The van der Waals surface area contributed by atoms with Crippen LogP contribution in [-0.2, 0) is 6.42 Å². The third-order valence-electron chi connectivity index (χ3n) is 2.57. The van der Waals surface area contributed by atoms with Crippen LogP contribution in [-0.4, -0.2) is 6.54 Å². The number of rotatable bonds is 3. The molecule has 0 saturated carbocycles. The van der Waals surface area contributed by atoms with Crippen LogP contribution in [0, 0.1) is 5.82 Å². The van der Waals surface area contributed by atoms with Crippen LogP contribution in [0.2, 0.25) is 0 Å². The van der Waals surface area contributed by atoms with Gasteiger partial charge in [-0.05, 0) is 41.8 Å². The van der Waals surface area contributed by atoms with Gasteiger partial charge < -0.3 is 5.73 Å². The van der Waals surface area contributed by atoms with Gasteiger partial charge in [0.1, 0.15) is 5.82 Å². The van der Waals surface area contributed by atoms with Crippen molar-refractivity contribution >= 4 is 0 Å². The first kappa shape index (κ1) is 10.8. The maximum Gasteiger partial charge on any atom is 0.126 e. The molecule has 0 aliphatic heterocycles. The van der Waals surface area contributed by atoms with Crippen molar-refractivity contribution in [3.05, 3.63) is 59.9 Å². The first-order valence-corrected chi connectivity index (χ1v) is 5.35. The van der Waals surface area contributed by atoms with Crippen molar-refractivity contribution in [1.82, 2.24) is 0 Å². The van der Waals surface area contributed by atoms with Crippen molar-refractivity contribution in [1.29, 1.82) is 0 Å². The maximum absolute atomic E-state index is 13.4. The average molecular weight is 215 g/mol. The van der Waals surface area contributed by atoms with Crippen LogP contribution in [0.4, 0.5) is 4.39 Å². The predicted octanol–water partition coefficient (Wildman–Crippen LogP) is 2.99. The first-order chi connectivity index (χ1) is 7.81. The van der Waals surface area contributed by atoms with Crippen molar-refractivity contribution in [3.8, 4) is 11.1 Å². The Balaban J connectivity index is 2.40. The van der Waals surface area contributed by atoms with Crippen LogP contribution in [0.5, 0.6) is 0 Å². The highest BCUT2D eigenvalue weighted by Crippen LogP contribution is 2.21. The standard InChI is InChI=1S/C14H14FN/c15-14-7-6-12(10-13(14)8-9-16)11-4-2-1-3-5-11/h1-7,10H,8-9,16H2. The van der Waals surface area contributed by atoms with Gasteiger partial charge in [-0.2, -0.15) is 0 Å². The summed E-state index contributed by atoms with van der Waals surface area (Å²) >= 11 is 0. The molecule has 2 heteroatoms. The third kappa shape index (κ3) is 2.28. The Morgan fingerprint density at radius 1 is 0.938 bits per heavy atom. The van der Waals surface area contributed by atoms with Crippen molar-refractivity contribution in [2.24, 2.45) is 5.73 Å². The lowest BCUT2D eigenvalue weighted by molar-refractivity contribution is 0.610. The van der Waals surface area contributed by atoms with E-state index >= 15 is 0 Å². The van der Waals surface area contributed by atoms with Crippen molar-refractivity contribution in [2.45, 2.75) is 6.42 Å². The highest BCUT2D eigenvalue weighted by atomic mass is 19.1. The molecule has 0 fully saturated rings. The lowest BCUT2D eigenvalue weighted by Crippen LogP contribution is -2.04. The van der Waals surface area contributed by atoms with Crippen molar-refractivity contribution in [2.75, 3.05) is 6.54 Å². The molecule has 82 valence electrons. The Morgan fingerprint density at radius 2 is 1.69 bits per heavy atom. The molecule has 0 heterocycles. The van der Waals surface area contributed by atoms with E-state index in [9.17, 15) is 4.39 Å². The predicted molar refractivity (Wildman–Crippen MR) is 64.6 cm³/mol. The van der Waals surface area contributed by atoms with Gasteiger partial charge in [-0.1, -0.05) is 36.4 Å². The zero-order valence-corrected chi connectivity index (χ0v) is 8.99. The maximum atomic E-state index is 13.4. The van der Waals surface area contributed by atoms with E-state index in [1.54, 1.807) is 6.07 Å². The summed E-state index contributed by atoms with van der Waals surface area (Å²) in [6.07, 6.45) is 0.576. The summed E-state index contributed by atoms with van der Waals surface area (Å²) in [6, 6.07) is 15.1. The van der Waals surface area contributed by atoms with E-state index in [0.29, 0.717) is 18.5 Å². The lowest BCUT2D eigenvalue weighted by atomic mass is 10.0. The molecule has 0 bridgehead atoms. The third-order valence-corrected chi connectivity index (χ3v) is 2.57. The molecular weight excluding hydrogens is 201 g/mol. The van der Waals surface area contributed by atoms with E-state index in [1.165, 1.54) is 6.07 Å². The molecule has 0 amide bonds. The average Bonchev–Trinajstić information content (AvgIpc) is 2.33. The fourth-order valence-corrected chi connectivity index (χ4v) is 1.73. The zero-order valence-electron chi connectivity index (χ0n) is 8.99. The van der Waals surface area contributed by atoms with E-state index < -0.39 is 0 Å². The summed E-state index contributed by atoms with van der Waals surface area (Å²) < 4.78 is 13.4. The molecule has 0 unspecified atom stereocenters. The van der Waals surface area contributed by atoms with E-state index in [0.717, 1.165) is 11.1 Å². The number of halogens is 1. The van der Waals surface area contributed by atoms with Gasteiger partial charge in [0, 0.05) is 0 Å². The molecule has 0 saturated heterocycles. The molecule has 2 aromatic rings. The van der Waals surface area contributed by atoms with Gasteiger partial charge in [0.05, 0.1) is 0 Å². The molecule has 0 atom stereocenters. The Labute approximate surface area is 94.7 Å². The van der Waals surface area contributed by atoms with Crippen molar-refractivity contribution < 1.29 is 4.39 Å². The van der Waals surface area contributed by atoms with Crippen LogP contribution in [0.3, 0.4) is 0 Å². The molecular formula is C14H14FN. The summed E-state index contributed by atoms with van der Waals surface area (Å²) in [5.74, 6) is -0.176. The number of nitrogens with two attached hydrogens (primary N) is 1. The SMILES string of the molecule is NCCc1cc(-c2ccccc2)ccc1F. The number of hydrogen-bond acceptors (Lipinski definition) is 1. The molecule has 1 nitrogen and oxygen atoms in total. The van der Waals surface area contributed by atoms with Gasteiger partial charge >= 0.3 is 0 Å². The molecule has 2 rings (SSSR count). The molecule has 2 N–H and O–H groups in total. The highest BCUT2D eigenvalue weighted by Gasteiger charge is 2.03.